The number of hydrogen-bond donors (Lipinski definition) is 0. The van der Waals surface area contributed by atoms with Crippen LogP contribution in [0.3, 0.4) is 0 Å². The molecule has 0 bridgehead atoms. The van der Waals surface area contributed by atoms with Gasteiger partial charge in [-0.2, -0.15) is 0 Å². The van der Waals surface area contributed by atoms with Crippen molar-refractivity contribution in [3.05, 3.63) is 28.8 Å². The van der Waals surface area contributed by atoms with Gasteiger partial charge in [-0.3, -0.25) is 0 Å². The first-order chi connectivity index (χ1) is 13.3. The molecule has 3 aliphatic rings. The van der Waals surface area contributed by atoms with E-state index >= 15 is 0 Å². The zero-order valence-corrected chi connectivity index (χ0v) is 18.4. The van der Waals surface area contributed by atoms with Crippen molar-refractivity contribution < 1.29 is 14.0 Å². The number of halogens is 1. The monoisotopic (exact) mass is 405 g/mol. The maximum atomic E-state index is 6.73. The van der Waals surface area contributed by atoms with Gasteiger partial charge in [0.1, 0.15) is 0 Å². The van der Waals surface area contributed by atoms with E-state index in [0.29, 0.717) is 12.0 Å². The standard InChI is InChI=1S/C22H33BClNO3/c1-21(2)22(3,4)28-23(27-21)17-5-6-19(20(24)15-17)16-7-11-25(12-8-16)18-9-13-26-14-10-18/h5-6,15-16,18H,7-14H2,1-4H3. The van der Waals surface area contributed by atoms with Crippen molar-refractivity contribution in [3.63, 3.8) is 0 Å². The van der Waals surface area contributed by atoms with Crippen LogP contribution in [-0.2, 0) is 14.0 Å². The molecule has 0 saturated carbocycles. The van der Waals surface area contributed by atoms with Crippen molar-refractivity contribution in [1.29, 1.82) is 0 Å². The highest BCUT2D eigenvalue weighted by atomic mass is 35.5. The average molecular weight is 406 g/mol. The van der Waals surface area contributed by atoms with Gasteiger partial charge in [0.2, 0.25) is 0 Å². The van der Waals surface area contributed by atoms with E-state index in [2.05, 4.69) is 44.7 Å². The molecule has 3 heterocycles. The number of ether oxygens (including phenoxy) is 1. The molecule has 0 atom stereocenters. The van der Waals surface area contributed by atoms with Crippen LogP contribution in [0.2, 0.25) is 5.02 Å². The Kier molecular flexibility index (Phi) is 5.85. The first kappa shape index (κ1) is 20.7. The summed E-state index contributed by atoms with van der Waals surface area (Å²) in [5, 5.41) is 0.844. The molecular weight excluding hydrogens is 373 g/mol. The molecule has 0 amide bonds. The van der Waals surface area contributed by atoms with E-state index < -0.39 is 0 Å². The fourth-order valence-electron chi connectivity index (χ4n) is 4.63. The second-order valence-electron chi connectivity index (χ2n) is 9.52. The number of hydrogen-bond acceptors (Lipinski definition) is 4. The van der Waals surface area contributed by atoms with Gasteiger partial charge >= 0.3 is 7.12 Å². The van der Waals surface area contributed by atoms with Crippen LogP contribution < -0.4 is 5.46 Å². The van der Waals surface area contributed by atoms with Gasteiger partial charge in [0, 0.05) is 24.3 Å². The molecule has 3 fully saturated rings. The third-order valence-electron chi connectivity index (χ3n) is 7.23. The maximum absolute atomic E-state index is 6.73. The first-order valence-corrected chi connectivity index (χ1v) is 11.1. The molecule has 3 saturated heterocycles. The van der Waals surface area contributed by atoms with Gasteiger partial charge in [0.25, 0.3) is 0 Å². The van der Waals surface area contributed by atoms with Crippen molar-refractivity contribution >= 4 is 24.2 Å². The Bertz CT molecular complexity index is 681. The fourth-order valence-corrected chi connectivity index (χ4v) is 4.97. The van der Waals surface area contributed by atoms with Crippen molar-refractivity contribution in [1.82, 2.24) is 4.90 Å². The lowest BCUT2D eigenvalue weighted by Crippen LogP contribution is -2.43. The summed E-state index contributed by atoms with van der Waals surface area (Å²) in [5.41, 5.74) is 1.61. The Morgan fingerprint density at radius 3 is 2.14 bits per heavy atom. The summed E-state index contributed by atoms with van der Waals surface area (Å²) in [6, 6.07) is 7.08. The Morgan fingerprint density at radius 2 is 1.57 bits per heavy atom. The molecule has 4 nitrogen and oxygen atoms in total. The molecule has 1 aromatic carbocycles. The Hall–Kier alpha value is -0.585. The lowest BCUT2D eigenvalue weighted by atomic mass is 9.77. The van der Waals surface area contributed by atoms with E-state index in [9.17, 15) is 0 Å². The van der Waals surface area contributed by atoms with Crippen molar-refractivity contribution in [2.75, 3.05) is 26.3 Å². The van der Waals surface area contributed by atoms with E-state index in [1.165, 1.54) is 31.2 Å². The van der Waals surface area contributed by atoms with Crippen LogP contribution in [0.15, 0.2) is 18.2 Å². The quantitative estimate of drug-likeness (QED) is 0.711. The Morgan fingerprint density at radius 1 is 0.964 bits per heavy atom. The van der Waals surface area contributed by atoms with Gasteiger partial charge in [0.15, 0.2) is 0 Å². The van der Waals surface area contributed by atoms with Crippen molar-refractivity contribution in [3.8, 4) is 0 Å². The lowest BCUT2D eigenvalue weighted by molar-refractivity contribution is 0.00578. The summed E-state index contributed by atoms with van der Waals surface area (Å²) >= 11 is 6.73. The molecule has 0 spiro atoms. The molecule has 1 aromatic rings. The molecule has 154 valence electrons. The second kappa shape index (κ2) is 7.92. The van der Waals surface area contributed by atoms with Crippen LogP contribution >= 0.6 is 11.6 Å². The summed E-state index contributed by atoms with van der Waals surface area (Å²) in [4.78, 5) is 2.66. The largest absolute Gasteiger partial charge is 0.494 e. The Labute approximate surface area is 175 Å². The van der Waals surface area contributed by atoms with Crippen LogP contribution in [0.5, 0.6) is 0 Å². The number of rotatable bonds is 3. The van der Waals surface area contributed by atoms with E-state index in [4.69, 9.17) is 25.6 Å². The molecule has 3 aliphatic heterocycles. The molecule has 6 heteroatoms. The summed E-state index contributed by atoms with van der Waals surface area (Å²) in [6.45, 7) is 12.5. The summed E-state index contributed by atoms with van der Waals surface area (Å²) in [5.74, 6) is 0.538. The van der Waals surface area contributed by atoms with Crippen LogP contribution in [0.4, 0.5) is 0 Å². The average Bonchev–Trinajstić information content (AvgIpc) is 2.90. The minimum atomic E-state index is -0.355. The van der Waals surface area contributed by atoms with E-state index in [-0.39, 0.29) is 18.3 Å². The minimum Gasteiger partial charge on any atom is -0.399 e. The third-order valence-corrected chi connectivity index (χ3v) is 7.55. The van der Waals surface area contributed by atoms with Gasteiger partial charge in [-0.25, -0.2) is 0 Å². The van der Waals surface area contributed by atoms with E-state index in [1.807, 2.05) is 6.07 Å². The summed E-state index contributed by atoms with van der Waals surface area (Å²) < 4.78 is 17.9. The number of benzene rings is 1. The van der Waals surface area contributed by atoms with E-state index in [1.54, 1.807) is 0 Å². The topological polar surface area (TPSA) is 30.9 Å². The SMILES string of the molecule is CC1(C)OB(c2ccc(C3CCN(C4CCOCC4)CC3)c(Cl)c2)OC1(C)C. The normalized spacial score (nSPS) is 26.7. The predicted octanol–water partition coefficient (Wildman–Crippen LogP) is 4.00. The van der Waals surface area contributed by atoms with Crippen molar-refractivity contribution in [2.24, 2.45) is 0 Å². The second-order valence-corrected chi connectivity index (χ2v) is 9.93. The van der Waals surface area contributed by atoms with Gasteiger partial charge < -0.3 is 18.9 Å². The maximum Gasteiger partial charge on any atom is 0.494 e. The predicted molar refractivity (Wildman–Crippen MR) is 115 cm³/mol. The molecule has 0 N–H and O–H groups in total. The zero-order valence-electron chi connectivity index (χ0n) is 17.7. The van der Waals surface area contributed by atoms with Gasteiger partial charge in [-0.15, -0.1) is 0 Å². The highest BCUT2D eigenvalue weighted by molar-refractivity contribution is 6.62. The molecule has 4 rings (SSSR count). The van der Waals surface area contributed by atoms with Crippen LogP contribution in [0.1, 0.15) is 64.9 Å². The number of piperidine rings is 1. The van der Waals surface area contributed by atoms with Crippen LogP contribution in [-0.4, -0.2) is 55.6 Å². The van der Waals surface area contributed by atoms with Crippen molar-refractivity contribution in [2.45, 2.75) is 76.5 Å². The highest BCUT2D eigenvalue weighted by Gasteiger charge is 2.51. The molecule has 0 unspecified atom stereocenters. The molecule has 0 radical (unpaired) electrons. The van der Waals surface area contributed by atoms with E-state index in [0.717, 1.165) is 36.8 Å². The van der Waals surface area contributed by atoms with Gasteiger partial charge in [-0.1, -0.05) is 23.7 Å². The fraction of sp³-hybridized carbons (Fsp3) is 0.727. The van der Waals surface area contributed by atoms with Gasteiger partial charge in [-0.05, 0) is 89.5 Å². The van der Waals surface area contributed by atoms with Gasteiger partial charge in [0.05, 0.1) is 11.2 Å². The first-order valence-electron chi connectivity index (χ1n) is 10.7. The minimum absolute atomic E-state index is 0.334. The zero-order chi connectivity index (χ0) is 19.9. The molecule has 28 heavy (non-hydrogen) atoms. The lowest BCUT2D eigenvalue weighted by Gasteiger charge is -2.39. The smallest absolute Gasteiger partial charge is 0.399 e. The Balaban J connectivity index is 1.40. The molecule has 0 aliphatic carbocycles. The number of nitrogens with zero attached hydrogens (tertiary/aromatic N) is 1. The van der Waals surface area contributed by atoms with Crippen LogP contribution in [0.25, 0.3) is 0 Å². The number of likely N-dealkylation sites (tertiary alicyclic amines) is 1. The highest BCUT2D eigenvalue weighted by Crippen LogP contribution is 2.38. The third kappa shape index (κ3) is 4.02. The summed E-state index contributed by atoms with van der Waals surface area (Å²) in [7, 11) is -0.355. The molecule has 0 aromatic heterocycles. The molecular formula is C22H33BClNO3. The van der Waals surface area contributed by atoms with Crippen LogP contribution in [0, 0.1) is 0 Å². The summed E-state index contributed by atoms with van der Waals surface area (Å²) in [6.07, 6.45) is 4.70.